The van der Waals surface area contributed by atoms with Crippen molar-refractivity contribution in [3.63, 3.8) is 0 Å². The van der Waals surface area contributed by atoms with Crippen LogP contribution in [-0.4, -0.2) is 35.6 Å². The molecule has 1 aliphatic carbocycles. The number of nitrogens with one attached hydrogen (secondary N) is 2. The zero-order chi connectivity index (χ0) is 9.60. The summed E-state index contributed by atoms with van der Waals surface area (Å²) < 4.78 is 0. The number of hydrazine groups is 1. The average Bonchev–Trinajstić information content (AvgIpc) is 2.86. The zero-order valence-electron chi connectivity index (χ0n) is 8.38. The minimum absolute atomic E-state index is 0.189. The van der Waals surface area contributed by atoms with Crippen molar-refractivity contribution in [3.05, 3.63) is 0 Å². The van der Waals surface area contributed by atoms with Crippen molar-refractivity contribution in [2.24, 2.45) is 0 Å². The Kier molecular flexibility index (Phi) is 1.82. The molecule has 1 saturated carbocycles. The third-order valence-corrected chi connectivity index (χ3v) is 3.61. The van der Waals surface area contributed by atoms with Crippen LogP contribution in [0.3, 0.4) is 0 Å². The van der Waals surface area contributed by atoms with E-state index in [0.29, 0.717) is 11.9 Å². The molecule has 1 amide bonds. The van der Waals surface area contributed by atoms with Gasteiger partial charge in [-0.3, -0.25) is 9.80 Å². The molecule has 0 radical (unpaired) electrons. The molecule has 0 aromatic rings. The molecule has 1 spiro atoms. The molecule has 3 rings (SSSR count). The molecule has 78 valence electrons. The summed E-state index contributed by atoms with van der Waals surface area (Å²) in [6, 6.07) is 0.385. The standard InChI is InChI=1S/C10H17N3O/c14-9-6-10(3-4-10)12-13(9)8-2-1-5-11-7-8/h8,11-12H,1-7H2. The molecule has 0 aromatic heterocycles. The third-order valence-electron chi connectivity index (χ3n) is 3.61. The van der Waals surface area contributed by atoms with Gasteiger partial charge in [0.25, 0.3) is 0 Å². The molecule has 2 heterocycles. The lowest BCUT2D eigenvalue weighted by atomic mass is 10.1. The van der Waals surface area contributed by atoms with Gasteiger partial charge in [0.15, 0.2) is 0 Å². The maximum absolute atomic E-state index is 11.8. The lowest BCUT2D eigenvalue weighted by Crippen LogP contribution is -2.52. The Balaban J connectivity index is 1.69. The first-order valence-corrected chi connectivity index (χ1v) is 5.60. The molecular formula is C10H17N3O. The Morgan fingerprint density at radius 1 is 1.43 bits per heavy atom. The zero-order valence-corrected chi connectivity index (χ0v) is 8.38. The molecule has 14 heavy (non-hydrogen) atoms. The number of hydrogen-bond donors (Lipinski definition) is 2. The fourth-order valence-corrected chi connectivity index (χ4v) is 2.52. The van der Waals surface area contributed by atoms with E-state index in [0.717, 1.165) is 25.9 Å². The maximum atomic E-state index is 11.8. The van der Waals surface area contributed by atoms with Gasteiger partial charge in [-0.25, -0.2) is 5.43 Å². The van der Waals surface area contributed by atoms with Crippen molar-refractivity contribution >= 4 is 5.91 Å². The van der Waals surface area contributed by atoms with E-state index in [-0.39, 0.29) is 5.54 Å². The summed E-state index contributed by atoms with van der Waals surface area (Å²) in [6.45, 7) is 2.05. The smallest absolute Gasteiger partial charge is 0.238 e. The monoisotopic (exact) mass is 195 g/mol. The largest absolute Gasteiger partial charge is 0.315 e. The summed E-state index contributed by atoms with van der Waals surface area (Å²) in [6.07, 6.45) is 5.40. The highest BCUT2D eigenvalue weighted by molar-refractivity contribution is 5.80. The first kappa shape index (κ1) is 8.68. The molecule has 2 N–H and O–H groups in total. The molecule has 4 nitrogen and oxygen atoms in total. The molecule has 4 heteroatoms. The topological polar surface area (TPSA) is 44.4 Å². The summed E-state index contributed by atoms with van der Waals surface area (Å²) in [5, 5.41) is 5.25. The van der Waals surface area contributed by atoms with Crippen LogP contribution in [0.2, 0.25) is 0 Å². The van der Waals surface area contributed by atoms with Crippen molar-refractivity contribution in [1.29, 1.82) is 0 Å². The highest BCUT2D eigenvalue weighted by Gasteiger charge is 2.52. The van der Waals surface area contributed by atoms with Crippen LogP contribution < -0.4 is 10.7 Å². The number of nitrogens with zero attached hydrogens (tertiary/aromatic N) is 1. The van der Waals surface area contributed by atoms with Gasteiger partial charge in [0.2, 0.25) is 5.91 Å². The lowest BCUT2D eigenvalue weighted by molar-refractivity contribution is -0.132. The molecule has 2 aliphatic heterocycles. The second kappa shape index (κ2) is 2.94. The highest BCUT2D eigenvalue weighted by Crippen LogP contribution is 2.43. The fourth-order valence-electron chi connectivity index (χ4n) is 2.52. The van der Waals surface area contributed by atoms with Crippen LogP contribution in [0, 0.1) is 0 Å². The van der Waals surface area contributed by atoms with Crippen molar-refractivity contribution in [2.45, 2.75) is 43.7 Å². The van der Waals surface area contributed by atoms with Gasteiger partial charge in [-0.05, 0) is 32.2 Å². The summed E-state index contributed by atoms with van der Waals surface area (Å²) in [4.78, 5) is 11.8. The molecule has 3 fully saturated rings. The summed E-state index contributed by atoms with van der Waals surface area (Å²) in [7, 11) is 0. The Bertz CT molecular complexity index is 256. The Morgan fingerprint density at radius 2 is 2.29 bits per heavy atom. The summed E-state index contributed by atoms with van der Waals surface area (Å²) in [5.74, 6) is 0.302. The molecule has 2 saturated heterocycles. The first-order chi connectivity index (χ1) is 6.79. The lowest BCUT2D eigenvalue weighted by Gasteiger charge is -2.31. The van der Waals surface area contributed by atoms with Crippen molar-refractivity contribution in [1.82, 2.24) is 15.8 Å². The summed E-state index contributed by atoms with van der Waals surface area (Å²) >= 11 is 0. The van der Waals surface area contributed by atoms with Gasteiger partial charge in [-0.2, -0.15) is 0 Å². The van der Waals surface area contributed by atoms with Gasteiger partial charge in [-0.1, -0.05) is 0 Å². The van der Waals surface area contributed by atoms with Crippen LogP contribution in [0.15, 0.2) is 0 Å². The average molecular weight is 195 g/mol. The molecule has 1 atom stereocenters. The van der Waals surface area contributed by atoms with Crippen LogP contribution in [-0.2, 0) is 4.79 Å². The van der Waals surface area contributed by atoms with E-state index in [9.17, 15) is 4.79 Å². The van der Waals surface area contributed by atoms with E-state index in [1.54, 1.807) is 0 Å². The van der Waals surface area contributed by atoms with Crippen LogP contribution in [0.5, 0.6) is 0 Å². The van der Waals surface area contributed by atoms with E-state index >= 15 is 0 Å². The van der Waals surface area contributed by atoms with Crippen molar-refractivity contribution < 1.29 is 4.79 Å². The number of hydrogen-bond acceptors (Lipinski definition) is 3. The molecule has 3 aliphatic rings. The van der Waals surface area contributed by atoms with Crippen LogP contribution in [0.25, 0.3) is 0 Å². The van der Waals surface area contributed by atoms with Gasteiger partial charge in [0.05, 0.1) is 6.04 Å². The second-order valence-corrected chi connectivity index (χ2v) is 4.83. The Hall–Kier alpha value is -0.610. The van der Waals surface area contributed by atoms with E-state index in [1.165, 1.54) is 19.3 Å². The van der Waals surface area contributed by atoms with Crippen molar-refractivity contribution in [2.75, 3.05) is 13.1 Å². The van der Waals surface area contributed by atoms with E-state index in [1.807, 2.05) is 5.01 Å². The number of rotatable bonds is 1. The van der Waals surface area contributed by atoms with Gasteiger partial charge in [-0.15, -0.1) is 0 Å². The minimum Gasteiger partial charge on any atom is -0.315 e. The fraction of sp³-hybridized carbons (Fsp3) is 0.900. The van der Waals surface area contributed by atoms with E-state index < -0.39 is 0 Å². The second-order valence-electron chi connectivity index (χ2n) is 4.83. The quantitative estimate of drug-likeness (QED) is 0.619. The maximum Gasteiger partial charge on any atom is 0.238 e. The Morgan fingerprint density at radius 3 is 2.86 bits per heavy atom. The normalized spacial score (nSPS) is 35.3. The highest BCUT2D eigenvalue weighted by atomic mass is 16.2. The first-order valence-electron chi connectivity index (χ1n) is 5.60. The van der Waals surface area contributed by atoms with Gasteiger partial charge >= 0.3 is 0 Å². The SMILES string of the molecule is O=C1CC2(CC2)NN1C1CCCNC1. The Labute approximate surface area is 84.0 Å². The number of amides is 1. The van der Waals surface area contributed by atoms with Gasteiger partial charge in [0.1, 0.15) is 0 Å². The van der Waals surface area contributed by atoms with E-state index in [2.05, 4.69) is 10.7 Å². The van der Waals surface area contributed by atoms with Crippen molar-refractivity contribution in [3.8, 4) is 0 Å². The van der Waals surface area contributed by atoms with Crippen LogP contribution in [0.4, 0.5) is 0 Å². The van der Waals surface area contributed by atoms with Gasteiger partial charge in [0, 0.05) is 18.5 Å². The number of piperidine rings is 1. The number of carbonyl (C=O) groups is 1. The van der Waals surface area contributed by atoms with Gasteiger partial charge < -0.3 is 5.32 Å². The summed E-state index contributed by atoms with van der Waals surface area (Å²) in [5.41, 5.74) is 3.59. The van der Waals surface area contributed by atoms with Crippen LogP contribution in [0.1, 0.15) is 32.1 Å². The van der Waals surface area contributed by atoms with E-state index in [4.69, 9.17) is 0 Å². The number of carbonyl (C=O) groups excluding carboxylic acids is 1. The molecular weight excluding hydrogens is 178 g/mol. The minimum atomic E-state index is 0.189. The third kappa shape index (κ3) is 1.33. The molecule has 0 bridgehead atoms. The molecule has 1 unspecified atom stereocenters. The predicted octanol–water partition coefficient (Wildman–Crippen LogP) is 0.00790. The predicted molar refractivity (Wildman–Crippen MR) is 52.5 cm³/mol. The molecule has 0 aromatic carbocycles. The van der Waals surface area contributed by atoms with Crippen LogP contribution >= 0.6 is 0 Å².